The summed E-state index contributed by atoms with van der Waals surface area (Å²) in [4.78, 5) is 28.8. The molecule has 0 bridgehead atoms. The Morgan fingerprint density at radius 1 is 1.15 bits per heavy atom. The summed E-state index contributed by atoms with van der Waals surface area (Å²) >= 11 is 0. The molecule has 1 heterocycles. The number of ether oxygens (including phenoxy) is 2. The highest BCUT2D eigenvalue weighted by atomic mass is 16.6. The normalized spacial score (nSPS) is 13.0. The molecule has 0 aliphatic carbocycles. The van der Waals surface area contributed by atoms with Crippen LogP contribution in [-0.4, -0.2) is 44.5 Å². The van der Waals surface area contributed by atoms with Gasteiger partial charge in [-0.15, -0.1) is 0 Å². The third-order valence-electron chi connectivity index (χ3n) is 3.39. The number of pyridine rings is 1. The van der Waals surface area contributed by atoms with E-state index in [0.29, 0.717) is 11.3 Å². The molecule has 0 fully saturated rings. The molecule has 1 aromatic heterocycles. The van der Waals surface area contributed by atoms with Crippen LogP contribution >= 0.6 is 0 Å². The zero-order valence-electron chi connectivity index (χ0n) is 17.0. The van der Waals surface area contributed by atoms with E-state index in [1.54, 1.807) is 48.5 Å². The van der Waals surface area contributed by atoms with Crippen LogP contribution in [-0.2, 0) is 27.3 Å². The van der Waals surface area contributed by atoms with Crippen molar-refractivity contribution in [1.29, 1.82) is 0 Å². The van der Waals surface area contributed by atoms with Crippen molar-refractivity contribution < 1.29 is 29.3 Å². The summed E-state index contributed by atoms with van der Waals surface area (Å²) < 4.78 is 10.6. The van der Waals surface area contributed by atoms with Crippen LogP contribution in [0.5, 0.6) is 5.75 Å². The maximum absolute atomic E-state index is 12.6. The van der Waals surface area contributed by atoms with Crippen LogP contribution < -0.4 is 5.32 Å². The molecule has 0 saturated heterocycles. The Morgan fingerprint density at radius 2 is 1.70 bits per heavy atom. The van der Waals surface area contributed by atoms with E-state index in [0.717, 1.165) is 0 Å². The van der Waals surface area contributed by atoms with E-state index in [-0.39, 0.29) is 17.7 Å². The molecule has 1 amide bonds. The molecule has 3 N–H and O–H groups in total. The Morgan fingerprint density at radius 3 is 2.19 bits per heavy atom. The number of aromatic hydroxyl groups is 1. The average Bonchev–Trinajstić information content (AvgIpc) is 2.47. The van der Waals surface area contributed by atoms with Gasteiger partial charge in [0.05, 0.1) is 12.3 Å². The van der Waals surface area contributed by atoms with Crippen LogP contribution in [0.2, 0.25) is 0 Å². The number of amides is 1. The lowest BCUT2D eigenvalue weighted by molar-refractivity contribution is -0.157. The number of esters is 1. The number of hydrogen-bond acceptors (Lipinski definition) is 7. The summed E-state index contributed by atoms with van der Waals surface area (Å²) in [6.07, 6.45) is 0.660. The van der Waals surface area contributed by atoms with Crippen LogP contribution in [0.4, 0.5) is 4.79 Å². The third-order valence-corrected chi connectivity index (χ3v) is 3.39. The SMILES string of the molecule is Cc1ncc(C[C@@H](NC(=O)OC(C)(C)C)C(=O)OC(C)(C)C)c(CO)c1O. The summed E-state index contributed by atoms with van der Waals surface area (Å²) in [5.41, 5.74) is -0.452. The Bertz CT molecular complexity index is 689. The van der Waals surface area contributed by atoms with Gasteiger partial charge >= 0.3 is 12.1 Å². The van der Waals surface area contributed by atoms with E-state index in [1.165, 1.54) is 6.20 Å². The molecule has 152 valence electrons. The number of aliphatic hydroxyl groups is 1. The number of rotatable bonds is 5. The highest BCUT2D eigenvalue weighted by molar-refractivity contribution is 5.82. The molecule has 8 nitrogen and oxygen atoms in total. The Kier molecular flexibility index (Phi) is 7.19. The fraction of sp³-hybridized carbons (Fsp3) is 0.632. The molecule has 0 aliphatic heterocycles. The smallest absolute Gasteiger partial charge is 0.408 e. The van der Waals surface area contributed by atoms with Gasteiger partial charge < -0.3 is 25.0 Å². The fourth-order valence-corrected chi connectivity index (χ4v) is 2.27. The lowest BCUT2D eigenvalue weighted by Gasteiger charge is -2.26. The first kappa shape index (κ1) is 22.7. The largest absolute Gasteiger partial charge is 0.506 e. The van der Waals surface area contributed by atoms with Crippen LogP contribution in [0.25, 0.3) is 0 Å². The van der Waals surface area contributed by atoms with Crippen LogP contribution in [0.1, 0.15) is 58.4 Å². The zero-order chi connectivity index (χ0) is 21.0. The minimum Gasteiger partial charge on any atom is -0.506 e. The highest BCUT2D eigenvalue weighted by Crippen LogP contribution is 2.25. The quantitative estimate of drug-likeness (QED) is 0.669. The first-order valence-electron chi connectivity index (χ1n) is 8.73. The van der Waals surface area contributed by atoms with Gasteiger partial charge in [-0.3, -0.25) is 4.98 Å². The number of carbonyl (C=O) groups is 2. The molecule has 0 aromatic carbocycles. The van der Waals surface area contributed by atoms with Crippen molar-refractivity contribution in [1.82, 2.24) is 10.3 Å². The number of aromatic nitrogens is 1. The third kappa shape index (κ3) is 7.42. The van der Waals surface area contributed by atoms with Crippen LogP contribution in [0.3, 0.4) is 0 Å². The standard InChI is InChI=1S/C19H30N2O6/c1-11-15(23)13(10-22)12(9-20-11)8-14(16(24)26-18(2,3)4)21-17(25)27-19(5,6)7/h9,14,22-23H,8,10H2,1-7H3,(H,21,25)/t14-/m1/s1. The molecule has 1 atom stereocenters. The van der Waals surface area contributed by atoms with Crippen LogP contribution in [0, 0.1) is 6.92 Å². The van der Waals surface area contributed by atoms with Gasteiger partial charge in [-0.25, -0.2) is 9.59 Å². The van der Waals surface area contributed by atoms with Crippen molar-refractivity contribution in [2.24, 2.45) is 0 Å². The number of hydrogen-bond donors (Lipinski definition) is 3. The zero-order valence-corrected chi connectivity index (χ0v) is 17.0. The fourth-order valence-electron chi connectivity index (χ4n) is 2.27. The number of nitrogens with one attached hydrogen (secondary N) is 1. The Balaban J connectivity index is 3.13. The Labute approximate surface area is 159 Å². The van der Waals surface area contributed by atoms with Gasteiger partial charge in [0.1, 0.15) is 23.0 Å². The first-order valence-corrected chi connectivity index (χ1v) is 8.73. The second-order valence-electron chi connectivity index (χ2n) is 8.29. The monoisotopic (exact) mass is 382 g/mol. The number of alkyl carbamates (subject to hydrolysis) is 1. The van der Waals surface area contributed by atoms with E-state index < -0.39 is 35.9 Å². The number of nitrogens with zero attached hydrogens (tertiary/aromatic N) is 1. The van der Waals surface area contributed by atoms with Gasteiger partial charge in [0.15, 0.2) is 0 Å². The second-order valence-corrected chi connectivity index (χ2v) is 8.29. The predicted molar refractivity (Wildman–Crippen MR) is 99.3 cm³/mol. The van der Waals surface area contributed by atoms with Gasteiger partial charge in [-0.1, -0.05) is 0 Å². The molecule has 8 heteroatoms. The molecule has 0 spiro atoms. The van der Waals surface area contributed by atoms with E-state index in [1.807, 2.05) is 0 Å². The second kappa shape index (κ2) is 8.56. The summed E-state index contributed by atoms with van der Waals surface area (Å²) in [6.45, 7) is 11.4. The van der Waals surface area contributed by atoms with Crippen molar-refractivity contribution in [3.8, 4) is 5.75 Å². The maximum Gasteiger partial charge on any atom is 0.408 e. The lowest BCUT2D eigenvalue weighted by Crippen LogP contribution is -2.47. The molecule has 1 aromatic rings. The lowest BCUT2D eigenvalue weighted by atomic mass is 10.0. The van der Waals surface area contributed by atoms with E-state index >= 15 is 0 Å². The summed E-state index contributed by atoms with van der Waals surface area (Å²) in [7, 11) is 0. The summed E-state index contributed by atoms with van der Waals surface area (Å²) in [6, 6.07) is -1.08. The molecule has 27 heavy (non-hydrogen) atoms. The van der Waals surface area contributed by atoms with Gasteiger partial charge in [0, 0.05) is 18.2 Å². The van der Waals surface area contributed by atoms with E-state index in [9.17, 15) is 19.8 Å². The first-order chi connectivity index (χ1) is 12.2. The van der Waals surface area contributed by atoms with E-state index in [4.69, 9.17) is 9.47 Å². The number of aryl methyl sites for hydroxylation is 1. The van der Waals surface area contributed by atoms with Gasteiger partial charge in [-0.2, -0.15) is 0 Å². The maximum atomic E-state index is 12.6. The molecule has 0 unspecified atom stereocenters. The molecule has 0 aliphatic rings. The van der Waals surface area contributed by atoms with Crippen molar-refractivity contribution in [3.05, 3.63) is 23.0 Å². The number of carbonyl (C=O) groups excluding carboxylic acids is 2. The molecular weight excluding hydrogens is 352 g/mol. The minimum absolute atomic E-state index is 0.0229. The van der Waals surface area contributed by atoms with Crippen molar-refractivity contribution >= 4 is 12.1 Å². The molecular formula is C19H30N2O6. The summed E-state index contributed by atoms with van der Waals surface area (Å²) in [5.74, 6) is -0.799. The minimum atomic E-state index is -1.08. The van der Waals surface area contributed by atoms with Crippen LogP contribution in [0.15, 0.2) is 6.20 Å². The van der Waals surface area contributed by atoms with Gasteiger partial charge in [0.25, 0.3) is 0 Å². The molecule has 1 rings (SSSR count). The predicted octanol–water partition coefficient (Wildman–Crippen LogP) is 2.37. The van der Waals surface area contributed by atoms with Gasteiger partial charge in [0.2, 0.25) is 0 Å². The van der Waals surface area contributed by atoms with Crippen molar-refractivity contribution in [2.45, 2.75) is 78.7 Å². The average molecular weight is 382 g/mol. The topological polar surface area (TPSA) is 118 Å². The van der Waals surface area contributed by atoms with Crippen molar-refractivity contribution in [3.63, 3.8) is 0 Å². The van der Waals surface area contributed by atoms with E-state index in [2.05, 4.69) is 10.3 Å². The molecule has 0 radical (unpaired) electrons. The Hall–Kier alpha value is -2.35. The summed E-state index contributed by atoms with van der Waals surface area (Å²) in [5, 5.41) is 22.2. The highest BCUT2D eigenvalue weighted by Gasteiger charge is 2.30. The van der Waals surface area contributed by atoms with Crippen molar-refractivity contribution in [2.75, 3.05) is 0 Å². The van der Waals surface area contributed by atoms with Gasteiger partial charge in [-0.05, 0) is 54.0 Å². The number of aliphatic hydroxyl groups excluding tert-OH is 1. The molecule has 0 saturated carbocycles.